The number of hydrogen-bond donors (Lipinski definition) is 2. The highest BCUT2D eigenvalue weighted by Gasteiger charge is 2.52. The normalized spacial score (nSPS) is 28.0. The molecule has 7 heteroatoms. The van der Waals surface area contributed by atoms with Gasteiger partial charge in [0.15, 0.2) is 9.84 Å². The van der Waals surface area contributed by atoms with Crippen molar-refractivity contribution in [2.24, 2.45) is 11.1 Å². The average molecular weight is 276 g/mol. The Labute approximate surface area is 107 Å². The van der Waals surface area contributed by atoms with Crippen molar-refractivity contribution in [3.8, 4) is 0 Å². The van der Waals surface area contributed by atoms with Crippen molar-refractivity contribution in [3.63, 3.8) is 0 Å². The first-order chi connectivity index (χ1) is 8.44. The van der Waals surface area contributed by atoms with Gasteiger partial charge in [-0.25, -0.2) is 8.42 Å². The Balaban J connectivity index is 2.11. The quantitative estimate of drug-likeness (QED) is 0.652. The zero-order chi connectivity index (χ0) is 13.4. The summed E-state index contributed by atoms with van der Waals surface area (Å²) in [5.41, 5.74) is 5.14. The highest BCUT2D eigenvalue weighted by Crippen LogP contribution is 2.46. The van der Waals surface area contributed by atoms with Gasteiger partial charge in [0.05, 0.1) is 23.5 Å². The van der Waals surface area contributed by atoms with Gasteiger partial charge in [0.25, 0.3) is 0 Å². The van der Waals surface area contributed by atoms with Crippen LogP contribution in [0, 0.1) is 5.41 Å². The highest BCUT2D eigenvalue weighted by molar-refractivity contribution is 7.91. The largest absolute Gasteiger partial charge is 0.395 e. The molecule has 2 fully saturated rings. The zero-order valence-corrected chi connectivity index (χ0v) is 11.2. The summed E-state index contributed by atoms with van der Waals surface area (Å²) < 4.78 is 23.0. The molecule has 1 saturated carbocycles. The lowest BCUT2D eigenvalue weighted by atomic mass is 10.0. The highest BCUT2D eigenvalue weighted by atomic mass is 32.2. The number of aliphatic hydroxyl groups is 1. The van der Waals surface area contributed by atoms with Crippen LogP contribution in [0.3, 0.4) is 0 Å². The molecule has 1 saturated heterocycles. The fraction of sp³-hybridized carbons (Fsp3) is 0.909. The summed E-state index contributed by atoms with van der Waals surface area (Å²) in [7, 11) is -3.03. The van der Waals surface area contributed by atoms with Crippen molar-refractivity contribution in [1.82, 2.24) is 4.90 Å². The Bertz CT molecular complexity index is 430. The summed E-state index contributed by atoms with van der Waals surface area (Å²) in [5, 5.41) is 9.06. The number of hydrogen-bond acceptors (Lipinski definition) is 5. The molecule has 1 amide bonds. The molecule has 0 bridgehead atoms. The van der Waals surface area contributed by atoms with Crippen molar-refractivity contribution in [3.05, 3.63) is 0 Å². The van der Waals surface area contributed by atoms with Crippen LogP contribution in [0.15, 0.2) is 0 Å². The summed E-state index contributed by atoms with van der Waals surface area (Å²) in [6, 6.07) is -0.293. The fourth-order valence-electron chi connectivity index (χ4n) is 2.54. The van der Waals surface area contributed by atoms with Crippen LogP contribution in [0.2, 0.25) is 0 Å². The molecular formula is C11H20N2O4S. The molecular weight excluding hydrogens is 256 g/mol. The predicted molar refractivity (Wildman–Crippen MR) is 66.6 cm³/mol. The molecule has 2 rings (SSSR count). The molecule has 0 aromatic rings. The van der Waals surface area contributed by atoms with Crippen LogP contribution in [0.25, 0.3) is 0 Å². The molecule has 1 heterocycles. The number of carbonyl (C=O) groups excluding carboxylic acids is 1. The monoisotopic (exact) mass is 276 g/mol. The molecule has 0 spiro atoms. The van der Waals surface area contributed by atoms with Crippen LogP contribution in [-0.2, 0) is 14.6 Å². The number of aliphatic hydroxyl groups excluding tert-OH is 1. The van der Waals surface area contributed by atoms with Crippen LogP contribution in [0.1, 0.15) is 19.3 Å². The number of amides is 1. The molecule has 1 aliphatic heterocycles. The van der Waals surface area contributed by atoms with Crippen molar-refractivity contribution >= 4 is 15.7 Å². The van der Waals surface area contributed by atoms with Gasteiger partial charge in [-0.1, -0.05) is 0 Å². The summed E-state index contributed by atoms with van der Waals surface area (Å²) in [6.07, 6.45) is 2.00. The van der Waals surface area contributed by atoms with E-state index in [0.29, 0.717) is 13.0 Å². The molecule has 0 aromatic carbocycles. The number of nitrogens with zero attached hydrogens (tertiary/aromatic N) is 1. The maximum absolute atomic E-state index is 12.4. The van der Waals surface area contributed by atoms with E-state index in [2.05, 4.69) is 0 Å². The second-order valence-corrected chi connectivity index (χ2v) is 7.49. The lowest BCUT2D eigenvalue weighted by molar-refractivity contribution is -0.139. The van der Waals surface area contributed by atoms with Crippen molar-refractivity contribution < 1.29 is 18.3 Å². The van der Waals surface area contributed by atoms with Gasteiger partial charge in [0, 0.05) is 19.1 Å². The Morgan fingerprint density at radius 2 is 2.11 bits per heavy atom. The van der Waals surface area contributed by atoms with Crippen molar-refractivity contribution in [2.45, 2.75) is 25.3 Å². The lowest BCUT2D eigenvalue weighted by Crippen LogP contribution is -2.48. The first-order valence-corrected chi connectivity index (χ1v) is 8.09. The summed E-state index contributed by atoms with van der Waals surface area (Å²) >= 11 is 0. The zero-order valence-electron chi connectivity index (χ0n) is 10.3. The van der Waals surface area contributed by atoms with Crippen molar-refractivity contribution in [1.29, 1.82) is 0 Å². The van der Waals surface area contributed by atoms with Gasteiger partial charge in [0.1, 0.15) is 0 Å². The van der Waals surface area contributed by atoms with Gasteiger partial charge in [-0.3, -0.25) is 4.79 Å². The minimum atomic E-state index is -3.03. The van der Waals surface area contributed by atoms with E-state index in [0.717, 1.165) is 12.8 Å². The molecule has 2 aliphatic rings. The third kappa shape index (κ3) is 2.53. The molecule has 3 N–H and O–H groups in total. The molecule has 1 aliphatic carbocycles. The number of carbonyl (C=O) groups is 1. The third-order valence-corrected chi connectivity index (χ3v) is 5.70. The number of nitrogens with two attached hydrogens (primary N) is 1. The molecule has 1 atom stereocenters. The van der Waals surface area contributed by atoms with E-state index < -0.39 is 15.3 Å². The van der Waals surface area contributed by atoms with Gasteiger partial charge in [-0.2, -0.15) is 0 Å². The SMILES string of the molecule is NCC1(C(=O)N(CCO)C2CCS(=O)(=O)C2)CC1. The van der Waals surface area contributed by atoms with E-state index in [9.17, 15) is 13.2 Å². The van der Waals surface area contributed by atoms with Gasteiger partial charge in [-0.15, -0.1) is 0 Å². The molecule has 18 heavy (non-hydrogen) atoms. The summed E-state index contributed by atoms with van der Waals surface area (Å²) in [6.45, 7) is 0.344. The van der Waals surface area contributed by atoms with Gasteiger partial charge in [-0.05, 0) is 19.3 Å². The average Bonchev–Trinajstić information content (AvgIpc) is 3.05. The van der Waals surface area contributed by atoms with Gasteiger partial charge in [0.2, 0.25) is 5.91 Å². The van der Waals surface area contributed by atoms with Crippen LogP contribution in [-0.4, -0.2) is 61.6 Å². The topological polar surface area (TPSA) is 101 Å². The Kier molecular flexibility index (Phi) is 3.66. The summed E-state index contributed by atoms with van der Waals surface area (Å²) in [4.78, 5) is 13.9. The molecule has 1 unspecified atom stereocenters. The molecule has 0 radical (unpaired) electrons. The number of rotatable bonds is 5. The van der Waals surface area contributed by atoms with E-state index in [1.165, 1.54) is 4.90 Å². The van der Waals surface area contributed by atoms with Crippen LogP contribution < -0.4 is 5.73 Å². The predicted octanol–water partition coefficient (Wildman–Crippen LogP) is -1.27. The minimum absolute atomic E-state index is 0.0133. The Hall–Kier alpha value is -0.660. The first-order valence-electron chi connectivity index (χ1n) is 6.26. The van der Waals surface area contributed by atoms with Gasteiger partial charge < -0.3 is 15.7 Å². The maximum atomic E-state index is 12.4. The van der Waals surface area contributed by atoms with E-state index in [-0.39, 0.29) is 36.6 Å². The fourth-order valence-corrected chi connectivity index (χ4v) is 4.27. The van der Waals surface area contributed by atoms with E-state index in [1.807, 2.05) is 0 Å². The van der Waals surface area contributed by atoms with Crippen LogP contribution >= 0.6 is 0 Å². The molecule has 104 valence electrons. The van der Waals surface area contributed by atoms with Crippen LogP contribution in [0.5, 0.6) is 0 Å². The Morgan fingerprint density at radius 1 is 1.44 bits per heavy atom. The van der Waals surface area contributed by atoms with E-state index >= 15 is 0 Å². The maximum Gasteiger partial charge on any atom is 0.230 e. The second-order valence-electron chi connectivity index (χ2n) is 5.26. The molecule has 6 nitrogen and oxygen atoms in total. The standard InChI is InChI=1S/C11H20N2O4S/c12-8-11(2-3-11)10(15)13(4-5-14)9-1-6-18(16,17)7-9/h9,14H,1-8,12H2. The van der Waals surface area contributed by atoms with E-state index in [1.54, 1.807) is 0 Å². The van der Waals surface area contributed by atoms with E-state index in [4.69, 9.17) is 10.8 Å². The summed E-state index contributed by atoms with van der Waals surface area (Å²) in [5.74, 6) is 0.0585. The molecule has 0 aromatic heterocycles. The Morgan fingerprint density at radius 3 is 2.50 bits per heavy atom. The van der Waals surface area contributed by atoms with Crippen molar-refractivity contribution in [2.75, 3.05) is 31.2 Å². The second kappa shape index (κ2) is 4.79. The first kappa shape index (κ1) is 13.8. The van der Waals surface area contributed by atoms with Gasteiger partial charge >= 0.3 is 0 Å². The van der Waals surface area contributed by atoms with Crippen LogP contribution in [0.4, 0.5) is 0 Å². The number of sulfone groups is 1. The minimum Gasteiger partial charge on any atom is -0.395 e. The third-order valence-electron chi connectivity index (χ3n) is 3.95. The smallest absolute Gasteiger partial charge is 0.230 e. The lowest BCUT2D eigenvalue weighted by Gasteiger charge is -2.31.